The van der Waals surface area contributed by atoms with Crippen LogP contribution in [0.25, 0.3) is 0 Å². The predicted octanol–water partition coefficient (Wildman–Crippen LogP) is 3.27. The molecular weight excluding hydrogens is 313 g/mol. The summed E-state index contributed by atoms with van der Waals surface area (Å²) < 4.78 is 18.6. The SMILES string of the molecule is COc1ccc(C(O)Cc2ccc(F)cc2Br)cn1. The van der Waals surface area contributed by atoms with Crippen LogP contribution in [0.4, 0.5) is 4.39 Å². The van der Waals surface area contributed by atoms with E-state index in [1.165, 1.54) is 19.2 Å². The van der Waals surface area contributed by atoms with Gasteiger partial charge >= 0.3 is 0 Å². The number of aliphatic hydroxyl groups excluding tert-OH is 1. The monoisotopic (exact) mass is 325 g/mol. The summed E-state index contributed by atoms with van der Waals surface area (Å²) in [6, 6.07) is 7.86. The van der Waals surface area contributed by atoms with Crippen LogP contribution in [0, 0.1) is 5.82 Å². The Kier molecular flexibility index (Phi) is 4.50. The molecule has 0 saturated heterocycles. The van der Waals surface area contributed by atoms with Crippen LogP contribution in [-0.4, -0.2) is 17.2 Å². The van der Waals surface area contributed by atoms with Crippen molar-refractivity contribution in [2.24, 2.45) is 0 Å². The number of benzene rings is 1. The molecule has 19 heavy (non-hydrogen) atoms. The van der Waals surface area contributed by atoms with Gasteiger partial charge in [0.25, 0.3) is 0 Å². The lowest BCUT2D eigenvalue weighted by Gasteiger charge is -2.12. The summed E-state index contributed by atoms with van der Waals surface area (Å²) in [5.74, 6) is 0.190. The summed E-state index contributed by atoms with van der Waals surface area (Å²) in [7, 11) is 1.54. The number of hydrogen-bond donors (Lipinski definition) is 1. The maximum Gasteiger partial charge on any atom is 0.212 e. The van der Waals surface area contributed by atoms with Gasteiger partial charge in [-0.3, -0.25) is 0 Å². The van der Waals surface area contributed by atoms with E-state index in [9.17, 15) is 9.50 Å². The van der Waals surface area contributed by atoms with E-state index < -0.39 is 6.10 Å². The number of aliphatic hydroxyl groups is 1. The van der Waals surface area contributed by atoms with Gasteiger partial charge in [-0.05, 0) is 29.3 Å². The summed E-state index contributed by atoms with van der Waals surface area (Å²) in [5, 5.41) is 10.1. The first-order chi connectivity index (χ1) is 9.10. The van der Waals surface area contributed by atoms with Crippen molar-refractivity contribution in [3.05, 3.63) is 57.9 Å². The van der Waals surface area contributed by atoms with Gasteiger partial charge in [0.1, 0.15) is 5.82 Å². The summed E-state index contributed by atoms with van der Waals surface area (Å²) >= 11 is 3.28. The largest absolute Gasteiger partial charge is 0.481 e. The first-order valence-corrected chi connectivity index (χ1v) is 6.51. The molecule has 1 aromatic carbocycles. The molecule has 0 spiro atoms. The molecule has 0 amide bonds. The molecule has 0 saturated carbocycles. The molecule has 3 nitrogen and oxygen atoms in total. The number of rotatable bonds is 4. The maximum atomic E-state index is 13.0. The van der Waals surface area contributed by atoms with Crippen molar-refractivity contribution in [1.82, 2.24) is 4.98 Å². The molecule has 0 radical (unpaired) electrons. The number of methoxy groups -OCH3 is 1. The van der Waals surface area contributed by atoms with E-state index in [1.807, 2.05) is 0 Å². The number of pyridine rings is 1. The lowest BCUT2D eigenvalue weighted by Crippen LogP contribution is -2.03. The molecule has 100 valence electrons. The van der Waals surface area contributed by atoms with Gasteiger partial charge in [-0.1, -0.05) is 22.0 Å². The van der Waals surface area contributed by atoms with Crippen molar-refractivity contribution in [3.63, 3.8) is 0 Å². The Hall–Kier alpha value is -1.46. The highest BCUT2D eigenvalue weighted by atomic mass is 79.9. The Morgan fingerprint density at radius 3 is 2.74 bits per heavy atom. The molecular formula is C14H13BrFNO2. The van der Waals surface area contributed by atoms with Gasteiger partial charge in [0.15, 0.2) is 0 Å². The third kappa shape index (κ3) is 3.52. The highest BCUT2D eigenvalue weighted by molar-refractivity contribution is 9.10. The third-order valence-corrected chi connectivity index (χ3v) is 3.52. The van der Waals surface area contributed by atoms with Crippen molar-refractivity contribution in [2.75, 3.05) is 7.11 Å². The summed E-state index contributed by atoms with van der Waals surface area (Å²) in [6.45, 7) is 0. The van der Waals surface area contributed by atoms with Crippen molar-refractivity contribution in [3.8, 4) is 5.88 Å². The number of nitrogens with zero attached hydrogens (tertiary/aromatic N) is 1. The van der Waals surface area contributed by atoms with Crippen molar-refractivity contribution in [2.45, 2.75) is 12.5 Å². The molecule has 2 rings (SSSR count). The Bertz CT molecular complexity index is 560. The topological polar surface area (TPSA) is 42.4 Å². The van der Waals surface area contributed by atoms with E-state index in [4.69, 9.17) is 4.74 Å². The highest BCUT2D eigenvalue weighted by Gasteiger charge is 2.12. The van der Waals surface area contributed by atoms with Crippen LogP contribution in [0.5, 0.6) is 5.88 Å². The van der Waals surface area contributed by atoms with E-state index in [2.05, 4.69) is 20.9 Å². The van der Waals surface area contributed by atoms with Gasteiger partial charge in [0.05, 0.1) is 13.2 Å². The molecule has 0 aliphatic rings. The molecule has 1 atom stereocenters. The Morgan fingerprint density at radius 2 is 2.16 bits per heavy atom. The van der Waals surface area contributed by atoms with Crippen LogP contribution in [0.2, 0.25) is 0 Å². The van der Waals surface area contributed by atoms with E-state index >= 15 is 0 Å². The average molecular weight is 326 g/mol. The summed E-state index contributed by atoms with van der Waals surface area (Å²) in [4.78, 5) is 4.04. The Labute approximate surface area is 119 Å². The fourth-order valence-corrected chi connectivity index (χ4v) is 2.24. The third-order valence-electron chi connectivity index (χ3n) is 2.78. The summed E-state index contributed by atoms with van der Waals surface area (Å²) in [5.41, 5.74) is 1.53. The lowest BCUT2D eigenvalue weighted by atomic mass is 10.0. The Morgan fingerprint density at radius 1 is 1.37 bits per heavy atom. The number of ether oxygens (including phenoxy) is 1. The van der Waals surface area contributed by atoms with E-state index in [0.717, 1.165) is 5.56 Å². The van der Waals surface area contributed by atoms with Gasteiger partial charge in [0.2, 0.25) is 5.88 Å². The minimum atomic E-state index is -0.694. The normalized spacial score (nSPS) is 12.2. The van der Waals surface area contributed by atoms with Crippen LogP contribution in [0.15, 0.2) is 41.0 Å². The molecule has 0 fully saturated rings. The fraction of sp³-hybridized carbons (Fsp3) is 0.214. The molecule has 5 heteroatoms. The quantitative estimate of drug-likeness (QED) is 0.938. The van der Waals surface area contributed by atoms with Crippen LogP contribution >= 0.6 is 15.9 Å². The standard InChI is InChI=1S/C14H13BrFNO2/c1-19-14-5-3-10(8-17-14)13(18)6-9-2-4-11(16)7-12(9)15/h2-5,7-8,13,18H,6H2,1H3. The molecule has 1 heterocycles. The smallest absolute Gasteiger partial charge is 0.212 e. The van der Waals surface area contributed by atoms with E-state index in [-0.39, 0.29) is 5.82 Å². The minimum Gasteiger partial charge on any atom is -0.481 e. The first-order valence-electron chi connectivity index (χ1n) is 5.72. The number of hydrogen-bond acceptors (Lipinski definition) is 3. The second kappa shape index (κ2) is 6.12. The molecule has 0 aliphatic heterocycles. The van der Waals surface area contributed by atoms with Gasteiger partial charge < -0.3 is 9.84 Å². The van der Waals surface area contributed by atoms with Crippen molar-refractivity contribution < 1.29 is 14.2 Å². The van der Waals surface area contributed by atoms with Gasteiger partial charge in [-0.2, -0.15) is 0 Å². The number of aromatic nitrogens is 1. The second-order valence-electron chi connectivity index (χ2n) is 4.09. The van der Waals surface area contributed by atoms with Crippen LogP contribution in [0.3, 0.4) is 0 Å². The van der Waals surface area contributed by atoms with E-state index in [0.29, 0.717) is 22.3 Å². The second-order valence-corrected chi connectivity index (χ2v) is 4.94. The lowest BCUT2D eigenvalue weighted by molar-refractivity contribution is 0.177. The first kappa shape index (κ1) is 14.0. The molecule has 1 N–H and O–H groups in total. The molecule has 2 aromatic rings. The van der Waals surface area contributed by atoms with Gasteiger partial charge in [0, 0.05) is 23.2 Å². The Balaban J connectivity index is 2.13. The zero-order chi connectivity index (χ0) is 13.8. The van der Waals surface area contributed by atoms with Crippen LogP contribution in [0.1, 0.15) is 17.2 Å². The van der Waals surface area contributed by atoms with Crippen LogP contribution in [-0.2, 0) is 6.42 Å². The predicted molar refractivity (Wildman–Crippen MR) is 73.6 cm³/mol. The summed E-state index contributed by atoms with van der Waals surface area (Å²) in [6.07, 6.45) is 1.26. The maximum absolute atomic E-state index is 13.0. The zero-order valence-corrected chi connectivity index (χ0v) is 11.9. The fourth-order valence-electron chi connectivity index (χ4n) is 1.72. The molecule has 1 aromatic heterocycles. The van der Waals surface area contributed by atoms with Crippen molar-refractivity contribution in [1.29, 1.82) is 0 Å². The minimum absolute atomic E-state index is 0.309. The van der Waals surface area contributed by atoms with Gasteiger partial charge in [-0.15, -0.1) is 0 Å². The molecule has 0 bridgehead atoms. The van der Waals surface area contributed by atoms with Crippen molar-refractivity contribution >= 4 is 15.9 Å². The van der Waals surface area contributed by atoms with Crippen LogP contribution < -0.4 is 4.74 Å². The molecule has 0 aliphatic carbocycles. The zero-order valence-electron chi connectivity index (χ0n) is 10.3. The number of halogens is 2. The highest BCUT2D eigenvalue weighted by Crippen LogP contribution is 2.25. The molecule has 1 unspecified atom stereocenters. The van der Waals surface area contributed by atoms with E-state index in [1.54, 1.807) is 24.4 Å². The van der Waals surface area contributed by atoms with Gasteiger partial charge in [-0.25, -0.2) is 9.37 Å². The average Bonchev–Trinajstić information content (AvgIpc) is 2.42.